The second-order valence-corrected chi connectivity index (χ2v) is 7.23. The number of halogens is 2. The molecule has 0 atom stereocenters. The number of hydrogen-bond donors (Lipinski definition) is 0. The Kier molecular flexibility index (Phi) is 4.04. The first kappa shape index (κ1) is 18.3. The summed E-state index contributed by atoms with van der Waals surface area (Å²) < 4.78 is 31.9. The lowest BCUT2D eigenvalue weighted by Gasteiger charge is -2.12. The molecular formula is C24H14F2N6. The normalized spacial score (nSPS) is 11.4. The molecule has 0 aliphatic carbocycles. The van der Waals surface area contributed by atoms with E-state index in [1.54, 1.807) is 58.2 Å². The molecule has 0 aliphatic heterocycles. The lowest BCUT2D eigenvalue weighted by molar-refractivity contribution is 0.628. The largest absolute Gasteiger partial charge is 0.276 e. The lowest BCUT2D eigenvalue weighted by atomic mass is 10.2. The average Bonchev–Trinajstić information content (AvgIpc) is 3.38. The van der Waals surface area contributed by atoms with Gasteiger partial charge in [0.2, 0.25) is 11.9 Å². The molecule has 0 aliphatic rings. The summed E-state index contributed by atoms with van der Waals surface area (Å²) in [5.41, 5.74) is 2.62. The van der Waals surface area contributed by atoms with Crippen LogP contribution in [0.1, 0.15) is 0 Å². The van der Waals surface area contributed by atoms with Crippen molar-refractivity contribution in [3.63, 3.8) is 0 Å². The molecular weight excluding hydrogens is 410 g/mol. The fourth-order valence-corrected chi connectivity index (χ4v) is 3.97. The smallest absolute Gasteiger partial charge is 0.234 e. The first-order chi connectivity index (χ1) is 15.7. The van der Waals surface area contributed by atoms with E-state index < -0.39 is 0 Å². The third-order valence-electron chi connectivity index (χ3n) is 5.30. The predicted octanol–water partition coefficient (Wildman–Crippen LogP) is 5.10. The molecule has 0 saturated carbocycles. The molecule has 8 heteroatoms. The van der Waals surface area contributed by atoms with Gasteiger partial charge in [0.1, 0.15) is 11.6 Å². The van der Waals surface area contributed by atoms with Gasteiger partial charge >= 0.3 is 0 Å². The van der Waals surface area contributed by atoms with Gasteiger partial charge in [0, 0.05) is 35.6 Å². The highest BCUT2D eigenvalue weighted by atomic mass is 19.1. The van der Waals surface area contributed by atoms with E-state index in [9.17, 15) is 8.78 Å². The standard InChI is InChI=1S/C24H14F2N6/c25-17-5-3-15-11-21(31(19(15)13-17)23-27-7-1-8-28-23)22-12-16-4-6-18(26)14-20(16)32(22)24-29-9-2-10-30-24/h1-14H. The van der Waals surface area contributed by atoms with Crippen molar-refractivity contribution in [1.82, 2.24) is 29.1 Å². The predicted molar refractivity (Wildman–Crippen MR) is 117 cm³/mol. The minimum Gasteiger partial charge on any atom is -0.276 e. The first-order valence-electron chi connectivity index (χ1n) is 9.86. The highest BCUT2D eigenvalue weighted by Gasteiger charge is 2.21. The van der Waals surface area contributed by atoms with Crippen molar-refractivity contribution >= 4 is 21.8 Å². The Balaban J connectivity index is 1.75. The molecule has 6 nitrogen and oxygen atoms in total. The van der Waals surface area contributed by atoms with Gasteiger partial charge in [-0.05, 0) is 60.7 Å². The van der Waals surface area contributed by atoms with Crippen molar-refractivity contribution in [2.24, 2.45) is 0 Å². The highest BCUT2D eigenvalue weighted by molar-refractivity contribution is 5.93. The Morgan fingerprint density at radius 2 is 0.938 bits per heavy atom. The van der Waals surface area contributed by atoms with E-state index in [4.69, 9.17) is 0 Å². The Hall–Kier alpha value is -4.46. The summed E-state index contributed by atoms with van der Waals surface area (Å²) in [4.78, 5) is 17.5. The van der Waals surface area contributed by atoms with E-state index in [1.807, 2.05) is 12.1 Å². The molecule has 0 bridgehead atoms. The number of aromatic nitrogens is 6. The maximum Gasteiger partial charge on any atom is 0.234 e. The average molecular weight is 424 g/mol. The minimum atomic E-state index is -0.367. The Morgan fingerprint density at radius 1 is 0.531 bits per heavy atom. The molecule has 32 heavy (non-hydrogen) atoms. The van der Waals surface area contributed by atoms with Gasteiger partial charge in [-0.3, -0.25) is 9.13 Å². The van der Waals surface area contributed by atoms with Gasteiger partial charge in [0.05, 0.1) is 22.4 Å². The summed E-state index contributed by atoms with van der Waals surface area (Å²) >= 11 is 0. The van der Waals surface area contributed by atoms with Gasteiger partial charge in [-0.25, -0.2) is 28.7 Å². The third kappa shape index (κ3) is 2.84. The Labute approximate surface area is 180 Å². The van der Waals surface area contributed by atoms with E-state index in [2.05, 4.69) is 19.9 Å². The first-order valence-corrected chi connectivity index (χ1v) is 9.86. The molecule has 0 fully saturated rings. The SMILES string of the molecule is Fc1ccc2cc(-c3cc4ccc(F)cc4n3-c3ncccn3)n(-c3ncccn3)c2c1. The molecule has 4 heterocycles. The van der Waals surface area contributed by atoms with E-state index in [0.29, 0.717) is 34.3 Å². The minimum absolute atomic E-state index is 0.367. The van der Waals surface area contributed by atoms with Crippen LogP contribution in [-0.4, -0.2) is 29.1 Å². The van der Waals surface area contributed by atoms with Gasteiger partial charge in [0.15, 0.2) is 0 Å². The van der Waals surface area contributed by atoms with E-state index in [1.165, 1.54) is 24.3 Å². The van der Waals surface area contributed by atoms with Crippen LogP contribution >= 0.6 is 0 Å². The van der Waals surface area contributed by atoms with Crippen LogP contribution in [0.2, 0.25) is 0 Å². The number of nitrogens with zero attached hydrogens (tertiary/aromatic N) is 6. The maximum atomic E-state index is 14.2. The van der Waals surface area contributed by atoms with Crippen molar-refractivity contribution in [1.29, 1.82) is 0 Å². The summed E-state index contributed by atoms with van der Waals surface area (Å²) in [6, 6.07) is 16.4. The van der Waals surface area contributed by atoms with Gasteiger partial charge in [-0.2, -0.15) is 0 Å². The van der Waals surface area contributed by atoms with Crippen molar-refractivity contribution < 1.29 is 8.78 Å². The van der Waals surface area contributed by atoms with E-state index in [-0.39, 0.29) is 11.6 Å². The zero-order valence-corrected chi connectivity index (χ0v) is 16.5. The van der Waals surface area contributed by atoms with Crippen LogP contribution < -0.4 is 0 Å². The highest BCUT2D eigenvalue weighted by Crippen LogP contribution is 2.35. The van der Waals surface area contributed by atoms with Gasteiger partial charge in [-0.1, -0.05) is 0 Å². The summed E-state index contributed by atoms with van der Waals surface area (Å²) in [7, 11) is 0. The molecule has 0 spiro atoms. The molecule has 4 aromatic heterocycles. The van der Waals surface area contributed by atoms with Gasteiger partial charge in [-0.15, -0.1) is 0 Å². The lowest BCUT2D eigenvalue weighted by Crippen LogP contribution is -2.06. The summed E-state index contributed by atoms with van der Waals surface area (Å²) in [6.45, 7) is 0. The van der Waals surface area contributed by atoms with Crippen LogP contribution in [0.15, 0.2) is 85.5 Å². The van der Waals surface area contributed by atoms with Crippen LogP contribution in [0, 0.1) is 11.6 Å². The number of fused-ring (bicyclic) bond motifs is 2. The van der Waals surface area contributed by atoms with Gasteiger partial charge < -0.3 is 0 Å². The fourth-order valence-electron chi connectivity index (χ4n) is 3.97. The van der Waals surface area contributed by atoms with Crippen LogP contribution in [-0.2, 0) is 0 Å². The quantitative estimate of drug-likeness (QED) is 0.397. The van der Waals surface area contributed by atoms with Crippen molar-refractivity contribution in [3.8, 4) is 23.3 Å². The van der Waals surface area contributed by atoms with Gasteiger partial charge in [0.25, 0.3) is 0 Å². The second-order valence-electron chi connectivity index (χ2n) is 7.23. The van der Waals surface area contributed by atoms with Crippen LogP contribution in [0.5, 0.6) is 0 Å². The molecule has 0 N–H and O–H groups in total. The summed E-state index contributed by atoms with van der Waals surface area (Å²) in [6.07, 6.45) is 6.51. The van der Waals surface area contributed by atoms with Crippen molar-refractivity contribution in [3.05, 3.63) is 97.1 Å². The molecule has 0 amide bonds. The molecule has 0 radical (unpaired) electrons. The topological polar surface area (TPSA) is 61.4 Å². The van der Waals surface area contributed by atoms with E-state index >= 15 is 0 Å². The molecule has 6 rings (SSSR count). The maximum absolute atomic E-state index is 14.2. The fraction of sp³-hybridized carbons (Fsp3) is 0. The molecule has 0 saturated heterocycles. The third-order valence-corrected chi connectivity index (χ3v) is 5.30. The molecule has 2 aromatic carbocycles. The molecule has 154 valence electrons. The van der Waals surface area contributed by atoms with Crippen LogP contribution in [0.3, 0.4) is 0 Å². The van der Waals surface area contributed by atoms with Crippen LogP contribution in [0.25, 0.3) is 45.1 Å². The van der Waals surface area contributed by atoms with Crippen molar-refractivity contribution in [2.75, 3.05) is 0 Å². The second kappa shape index (κ2) is 7.05. The zero-order chi connectivity index (χ0) is 21.7. The zero-order valence-electron chi connectivity index (χ0n) is 16.5. The van der Waals surface area contributed by atoms with Crippen LogP contribution in [0.4, 0.5) is 8.78 Å². The summed E-state index contributed by atoms with van der Waals surface area (Å²) in [5, 5.41) is 1.62. The Morgan fingerprint density at radius 3 is 1.34 bits per heavy atom. The summed E-state index contributed by atoms with van der Waals surface area (Å²) in [5.74, 6) is 0.0433. The monoisotopic (exact) mass is 424 g/mol. The van der Waals surface area contributed by atoms with Crippen molar-refractivity contribution in [2.45, 2.75) is 0 Å². The number of rotatable bonds is 3. The van der Waals surface area contributed by atoms with E-state index in [0.717, 1.165) is 10.8 Å². The molecule has 6 aromatic rings. The number of hydrogen-bond acceptors (Lipinski definition) is 4. The molecule has 0 unspecified atom stereocenters. The Bertz CT molecular complexity index is 1470. The number of benzene rings is 2.